The fourth-order valence-corrected chi connectivity index (χ4v) is 3.19. The Morgan fingerprint density at radius 3 is 2.86 bits per heavy atom. The third kappa shape index (κ3) is 3.53. The Labute approximate surface area is 133 Å². The summed E-state index contributed by atoms with van der Waals surface area (Å²) in [5, 5.41) is 6.02. The van der Waals surface area contributed by atoms with Crippen molar-refractivity contribution in [2.75, 3.05) is 26.2 Å². The Morgan fingerprint density at radius 1 is 1.36 bits per heavy atom. The molecule has 0 saturated carbocycles. The summed E-state index contributed by atoms with van der Waals surface area (Å²) in [6.45, 7) is 5.96. The van der Waals surface area contributed by atoms with Crippen LogP contribution in [0.15, 0.2) is 22.0 Å². The zero-order chi connectivity index (χ0) is 15.4. The van der Waals surface area contributed by atoms with Gasteiger partial charge >= 0.3 is 0 Å². The van der Waals surface area contributed by atoms with Crippen molar-refractivity contribution in [2.24, 2.45) is 0 Å². The van der Waals surface area contributed by atoms with Crippen molar-refractivity contribution >= 4 is 17.2 Å². The van der Waals surface area contributed by atoms with Gasteiger partial charge in [-0.15, -0.1) is 11.3 Å². The van der Waals surface area contributed by atoms with Gasteiger partial charge in [0.25, 0.3) is 0 Å². The molecule has 1 aliphatic rings. The lowest BCUT2D eigenvalue weighted by atomic mass is 10.2. The molecule has 3 rings (SSSR count). The van der Waals surface area contributed by atoms with Crippen LogP contribution in [0.25, 0.3) is 10.7 Å². The van der Waals surface area contributed by atoms with Crippen LogP contribution in [0.1, 0.15) is 25.7 Å². The monoisotopic (exact) mass is 320 g/mol. The van der Waals surface area contributed by atoms with Gasteiger partial charge < -0.3 is 9.42 Å². The minimum Gasteiger partial charge on any atom is -0.340 e. The molecular weight excluding hydrogens is 300 g/mol. The first-order valence-electron chi connectivity index (χ1n) is 7.63. The second-order valence-electron chi connectivity index (χ2n) is 5.40. The molecule has 2 aromatic rings. The second kappa shape index (κ2) is 7.02. The van der Waals surface area contributed by atoms with Crippen LogP contribution in [0, 0.1) is 0 Å². The van der Waals surface area contributed by atoms with Crippen LogP contribution in [0.5, 0.6) is 0 Å². The Hall–Kier alpha value is -1.73. The van der Waals surface area contributed by atoms with Crippen molar-refractivity contribution in [1.82, 2.24) is 19.9 Å². The predicted octanol–water partition coefficient (Wildman–Crippen LogP) is 2.24. The topological polar surface area (TPSA) is 62.5 Å². The molecule has 7 heteroatoms. The minimum absolute atomic E-state index is 0.264. The van der Waals surface area contributed by atoms with E-state index < -0.39 is 0 Å². The van der Waals surface area contributed by atoms with Gasteiger partial charge in [-0.2, -0.15) is 4.98 Å². The Kier molecular flexibility index (Phi) is 4.84. The van der Waals surface area contributed by atoms with Crippen LogP contribution >= 0.6 is 11.3 Å². The molecule has 0 atom stereocenters. The largest absolute Gasteiger partial charge is 0.340 e. The zero-order valence-corrected chi connectivity index (χ0v) is 13.5. The number of aromatic nitrogens is 2. The minimum atomic E-state index is 0.264. The number of hydrogen-bond donors (Lipinski definition) is 0. The lowest BCUT2D eigenvalue weighted by molar-refractivity contribution is -0.133. The van der Waals surface area contributed by atoms with E-state index in [-0.39, 0.29) is 5.91 Å². The zero-order valence-electron chi connectivity index (χ0n) is 12.7. The summed E-state index contributed by atoms with van der Waals surface area (Å²) in [6, 6.07) is 3.96. The molecular formula is C15H20N4O2S. The van der Waals surface area contributed by atoms with Crippen LogP contribution in [0.2, 0.25) is 0 Å². The second-order valence-corrected chi connectivity index (χ2v) is 6.34. The van der Waals surface area contributed by atoms with E-state index in [1.165, 1.54) is 0 Å². The van der Waals surface area contributed by atoms with Gasteiger partial charge in [-0.1, -0.05) is 18.1 Å². The first kappa shape index (κ1) is 15.2. The summed E-state index contributed by atoms with van der Waals surface area (Å²) in [5.41, 5.74) is 0. The van der Waals surface area contributed by atoms with E-state index in [1.54, 1.807) is 11.3 Å². The van der Waals surface area contributed by atoms with Gasteiger partial charge in [0.2, 0.25) is 17.6 Å². The lowest BCUT2D eigenvalue weighted by Crippen LogP contribution is -2.48. The number of hydrogen-bond acceptors (Lipinski definition) is 6. The van der Waals surface area contributed by atoms with Crippen molar-refractivity contribution in [3.05, 3.63) is 23.4 Å². The molecule has 0 unspecified atom stereocenters. The SMILES string of the molecule is CCCC(=O)N1CCN(Cc2nc(-c3cccs3)no2)CC1. The Bertz CT molecular complexity index is 603. The maximum absolute atomic E-state index is 11.9. The van der Waals surface area contributed by atoms with Gasteiger partial charge in [0.15, 0.2) is 0 Å². The highest BCUT2D eigenvalue weighted by atomic mass is 32.1. The fourth-order valence-electron chi connectivity index (χ4n) is 2.54. The van der Waals surface area contributed by atoms with Crippen LogP contribution in [0.4, 0.5) is 0 Å². The highest BCUT2D eigenvalue weighted by Crippen LogP contribution is 2.21. The summed E-state index contributed by atoms with van der Waals surface area (Å²) in [7, 11) is 0. The van der Waals surface area contributed by atoms with Gasteiger partial charge in [-0.05, 0) is 17.9 Å². The van der Waals surface area contributed by atoms with Gasteiger partial charge in [0, 0.05) is 32.6 Å². The number of piperazine rings is 1. The normalized spacial score (nSPS) is 16.1. The number of nitrogens with zero attached hydrogens (tertiary/aromatic N) is 4. The molecule has 1 saturated heterocycles. The van der Waals surface area contributed by atoms with Crippen molar-refractivity contribution in [3.63, 3.8) is 0 Å². The average Bonchev–Trinajstić information content (AvgIpc) is 3.19. The Morgan fingerprint density at radius 2 is 2.18 bits per heavy atom. The summed E-state index contributed by atoms with van der Waals surface area (Å²) in [5.74, 6) is 1.55. The fraction of sp³-hybridized carbons (Fsp3) is 0.533. The smallest absolute Gasteiger partial charge is 0.241 e. The van der Waals surface area contributed by atoms with Gasteiger partial charge in [0.1, 0.15) is 0 Å². The van der Waals surface area contributed by atoms with E-state index in [9.17, 15) is 4.79 Å². The first-order chi connectivity index (χ1) is 10.8. The number of carbonyl (C=O) groups excluding carboxylic acids is 1. The molecule has 22 heavy (non-hydrogen) atoms. The van der Waals surface area contributed by atoms with Gasteiger partial charge in [0.05, 0.1) is 11.4 Å². The highest BCUT2D eigenvalue weighted by molar-refractivity contribution is 7.13. The van der Waals surface area contributed by atoms with E-state index >= 15 is 0 Å². The molecule has 2 aromatic heterocycles. The summed E-state index contributed by atoms with van der Waals surface area (Å²) < 4.78 is 5.33. The van der Waals surface area contributed by atoms with Gasteiger partial charge in [-0.25, -0.2) is 0 Å². The molecule has 1 aliphatic heterocycles. The number of rotatable bonds is 5. The molecule has 1 amide bonds. The summed E-state index contributed by atoms with van der Waals surface area (Å²) in [4.78, 5) is 21.5. The third-order valence-corrected chi connectivity index (χ3v) is 4.62. The highest BCUT2D eigenvalue weighted by Gasteiger charge is 2.22. The molecule has 0 radical (unpaired) electrons. The third-order valence-electron chi connectivity index (χ3n) is 3.76. The molecule has 6 nitrogen and oxygen atoms in total. The van der Waals surface area contributed by atoms with E-state index in [1.807, 2.05) is 29.3 Å². The summed E-state index contributed by atoms with van der Waals surface area (Å²) >= 11 is 1.60. The van der Waals surface area contributed by atoms with Crippen molar-refractivity contribution in [2.45, 2.75) is 26.3 Å². The van der Waals surface area contributed by atoms with Crippen LogP contribution in [-0.4, -0.2) is 52.0 Å². The molecule has 3 heterocycles. The standard InChI is InChI=1S/C15H20N4O2S/c1-2-4-14(20)19-8-6-18(7-9-19)11-13-16-15(17-21-13)12-5-3-10-22-12/h3,5,10H,2,4,6-9,11H2,1H3. The van der Waals surface area contributed by atoms with Crippen LogP contribution < -0.4 is 0 Å². The number of carbonyl (C=O) groups is 1. The maximum atomic E-state index is 11.9. The van der Waals surface area contributed by atoms with Crippen molar-refractivity contribution < 1.29 is 9.32 Å². The van der Waals surface area contributed by atoms with E-state index in [0.29, 0.717) is 24.7 Å². The quantitative estimate of drug-likeness (QED) is 0.845. The van der Waals surface area contributed by atoms with Gasteiger partial charge in [-0.3, -0.25) is 9.69 Å². The molecule has 0 bridgehead atoms. The van der Waals surface area contributed by atoms with Crippen molar-refractivity contribution in [3.8, 4) is 10.7 Å². The average molecular weight is 320 g/mol. The molecule has 118 valence electrons. The first-order valence-corrected chi connectivity index (χ1v) is 8.51. The van der Waals surface area contributed by atoms with Crippen LogP contribution in [-0.2, 0) is 11.3 Å². The van der Waals surface area contributed by atoms with E-state index in [2.05, 4.69) is 15.0 Å². The predicted molar refractivity (Wildman–Crippen MR) is 84.4 cm³/mol. The molecule has 0 N–H and O–H groups in total. The molecule has 0 aromatic carbocycles. The maximum Gasteiger partial charge on any atom is 0.241 e. The molecule has 0 spiro atoms. The van der Waals surface area contributed by atoms with Crippen molar-refractivity contribution in [1.29, 1.82) is 0 Å². The van der Waals surface area contributed by atoms with E-state index in [4.69, 9.17) is 4.52 Å². The molecule has 0 aliphatic carbocycles. The number of thiophene rings is 1. The lowest BCUT2D eigenvalue weighted by Gasteiger charge is -2.33. The molecule has 1 fully saturated rings. The summed E-state index contributed by atoms with van der Waals surface area (Å²) in [6.07, 6.45) is 1.56. The number of amides is 1. The van der Waals surface area contributed by atoms with Crippen LogP contribution in [0.3, 0.4) is 0 Å². The Balaban J connectivity index is 1.52. The van der Waals surface area contributed by atoms with E-state index in [0.717, 1.165) is 37.5 Å².